The van der Waals surface area contributed by atoms with Gasteiger partial charge in [0.15, 0.2) is 0 Å². The van der Waals surface area contributed by atoms with E-state index in [9.17, 15) is 19.0 Å². The maximum atomic E-state index is 11.9. The summed E-state index contributed by atoms with van der Waals surface area (Å²) in [6.45, 7) is 0. The molecule has 0 aliphatic heterocycles. The van der Waals surface area contributed by atoms with Gasteiger partial charge < -0.3 is 19.7 Å². The average Bonchev–Trinajstić information content (AvgIpc) is 2.28. The zero-order valence-electron chi connectivity index (χ0n) is 10.4. The first-order valence-corrected chi connectivity index (χ1v) is 6.94. The van der Waals surface area contributed by atoms with Crippen LogP contribution < -0.4 is 39.8 Å². The summed E-state index contributed by atoms with van der Waals surface area (Å²) in [5.41, 5.74) is 0. The van der Waals surface area contributed by atoms with Crippen LogP contribution >= 0.6 is 7.37 Å². The van der Waals surface area contributed by atoms with E-state index >= 15 is 0 Å². The molecule has 19 heavy (non-hydrogen) atoms. The van der Waals surface area contributed by atoms with Crippen molar-refractivity contribution in [1.82, 2.24) is 0 Å². The zero-order valence-corrected chi connectivity index (χ0v) is 13.2. The Morgan fingerprint density at radius 1 is 1.21 bits per heavy atom. The van der Waals surface area contributed by atoms with Gasteiger partial charge >= 0.3 is 41.5 Å². The molecular formula is C11H12NaO6P. The fraction of sp³-hybridized carbons (Fsp3) is 0.273. The van der Waals surface area contributed by atoms with Gasteiger partial charge in [-0.05, 0) is 5.30 Å². The standard InChI is InChI=1S/C11H13O6P.Na/c12-10(13)6-8(11(14)15)7-18(16,17)9-4-2-1-3-5-9;/h1-5,8H,6-7H2,(H,12,13)(H,14,15)(H,16,17);/q;+1/p-1. The number of hydrogen-bond donors (Lipinski definition) is 2. The molecule has 0 bridgehead atoms. The van der Waals surface area contributed by atoms with Crippen molar-refractivity contribution in [2.24, 2.45) is 5.92 Å². The summed E-state index contributed by atoms with van der Waals surface area (Å²) in [7, 11) is -4.11. The molecule has 0 aromatic heterocycles. The van der Waals surface area contributed by atoms with Crippen LogP contribution in [0.2, 0.25) is 0 Å². The molecule has 1 rings (SSSR count). The van der Waals surface area contributed by atoms with Crippen molar-refractivity contribution in [3.8, 4) is 0 Å². The summed E-state index contributed by atoms with van der Waals surface area (Å²) in [6, 6.07) is 7.38. The van der Waals surface area contributed by atoms with Crippen molar-refractivity contribution in [3.05, 3.63) is 30.3 Å². The number of rotatable bonds is 6. The van der Waals surface area contributed by atoms with E-state index in [1.165, 1.54) is 24.3 Å². The van der Waals surface area contributed by atoms with Crippen LogP contribution in [-0.4, -0.2) is 28.3 Å². The van der Waals surface area contributed by atoms with Crippen LogP contribution in [0.5, 0.6) is 0 Å². The number of aliphatic carboxylic acids is 2. The molecule has 0 heterocycles. The number of carbonyl (C=O) groups is 2. The van der Waals surface area contributed by atoms with Gasteiger partial charge in [0.1, 0.15) is 0 Å². The van der Waals surface area contributed by atoms with Gasteiger partial charge in [-0.3, -0.25) is 9.59 Å². The predicted molar refractivity (Wildman–Crippen MR) is 61.9 cm³/mol. The Morgan fingerprint density at radius 3 is 2.16 bits per heavy atom. The van der Waals surface area contributed by atoms with Crippen LogP contribution in [0.15, 0.2) is 30.3 Å². The third-order valence-corrected chi connectivity index (χ3v) is 4.39. The Kier molecular flexibility index (Phi) is 7.55. The van der Waals surface area contributed by atoms with Gasteiger partial charge in [0, 0.05) is 13.5 Å². The minimum absolute atomic E-state index is 0. The molecule has 2 N–H and O–H groups in total. The van der Waals surface area contributed by atoms with Gasteiger partial charge in [0.05, 0.1) is 12.3 Å². The largest absolute Gasteiger partial charge is 1.00 e. The topological polar surface area (TPSA) is 115 Å². The minimum atomic E-state index is -4.11. The first-order valence-electron chi connectivity index (χ1n) is 5.13. The SMILES string of the molecule is O=C(O)CC(CP(=O)([O-])c1ccccc1)C(=O)O.[Na+]. The number of carboxylic acids is 2. The van der Waals surface area contributed by atoms with E-state index in [4.69, 9.17) is 10.2 Å². The molecule has 98 valence electrons. The summed E-state index contributed by atoms with van der Waals surface area (Å²) in [5, 5.41) is 17.4. The van der Waals surface area contributed by atoms with Gasteiger partial charge in [-0.1, -0.05) is 30.3 Å². The predicted octanol–water partition coefficient (Wildman–Crippen LogP) is -2.87. The Morgan fingerprint density at radius 2 is 1.74 bits per heavy atom. The average molecular weight is 294 g/mol. The second-order valence-electron chi connectivity index (χ2n) is 3.82. The molecule has 0 aliphatic carbocycles. The fourth-order valence-electron chi connectivity index (χ4n) is 1.49. The van der Waals surface area contributed by atoms with Crippen LogP contribution in [0.3, 0.4) is 0 Å². The van der Waals surface area contributed by atoms with Crippen LogP contribution in [0.1, 0.15) is 6.42 Å². The summed E-state index contributed by atoms with van der Waals surface area (Å²) in [6.07, 6.45) is -1.41. The van der Waals surface area contributed by atoms with E-state index < -0.39 is 37.8 Å². The van der Waals surface area contributed by atoms with Crippen LogP contribution in [0.25, 0.3) is 0 Å². The fourth-order valence-corrected chi connectivity index (χ4v) is 3.19. The van der Waals surface area contributed by atoms with Gasteiger partial charge in [0.2, 0.25) is 0 Å². The number of benzene rings is 1. The van der Waals surface area contributed by atoms with E-state index in [0.29, 0.717) is 0 Å². The Labute approximate surface area is 132 Å². The van der Waals surface area contributed by atoms with E-state index in [1.54, 1.807) is 6.07 Å². The first kappa shape index (κ1) is 18.4. The van der Waals surface area contributed by atoms with Crippen molar-refractivity contribution in [2.45, 2.75) is 6.42 Å². The van der Waals surface area contributed by atoms with Crippen molar-refractivity contribution in [2.75, 3.05) is 6.16 Å². The van der Waals surface area contributed by atoms with Gasteiger partial charge in [-0.25, -0.2) is 0 Å². The maximum absolute atomic E-state index is 11.9. The Bertz CT molecular complexity index is 489. The molecule has 0 amide bonds. The summed E-state index contributed by atoms with van der Waals surface area (Å²) >= 11 is 0. The zero-order chi connectivity index (χ0) is 13.8. The van der Waals surface area contributed by atoms with Crippen LogP contribution in [0, 0.1) is 5.92 Å². The minimum Gasteiger partial charge on any atom is -0.796 e. The normalized spacial score (nSPS) is 14.8. The Balaban J connectivity index is 0.00000324. The van der Waals surface area contributed by atoms with E-state index in [1.807, 2.05) is 0 Å². The van der Waals surface area contributed by atoms with Crippen molar-refractivity contribution in [3.63, 3.8) is 0 Å². The smallest absolute Gasteiger partial charge is 0.796 e. The second-order valence-corrected chi connectivity index (χ2v) is 6.05. The molecule has 2 atom stereocenters. The summed E-state index contributed by atoms with van der Waals surface area (Å²) in [5.74, 6) is -4.20. The quantitative estimate of drug-likeness (QED) is 0.430. The van der Waals surface area contributed by atoms with Gasteiger partial charge in [-0.2, -0.15) is 0 Å². The molecule has 0 saturated carbocycles. The number of hydrogen-bond acceptors (Lipinski definition) is 4. The van der Waals surface area contributed by atoms with Crippen molar-refractivity contribution < 1.29 is 58.8 Å². The Hall–Kier alpha value is -0.650. The van der Waals surface area contributed by atoms with Crippen LogP contribution in [0.4, 0.5) is 0 Å². The molecule has 6 nitrogen and oxygen atoms in total. The van der Waals surface area contributed by atoms with E-state index in [2.05, 4.69) is 0 Å². The van der Waals surface area contributed by atoms with Crippen molar-refractivity contribution >= 4 is 24.6 Å². The molecule has 0 radical (unpaired) electrons. The molecule has 8 heteroatoms. The molecule has 0 fully saturated rings. The summed E-state index contributed by atoms with van der Waals surface area (Å²) in [4.78, 5) is 33.2. The molecule has 0 saturated heterocycles. The molecule has 1 aromatic carbocycles. The van der Waals surface area contributed by atoms with Gasteiger partial charge in [0.25, 0.3) is 0 Å². The number of carboxylic acid groups (broad SMARTS) is 2. The summed E-state index contributed by atoms with van der Waals surface area (Å²) < 4.78 is 11.9. The molecule has 0 aliphatic rings. The second kappa shape index (κ2) is 7.82. The first-order chi connectivity index (χ1) is 8.33. The third kappa shape index (κ3) is 5.89. The molecule has 0 spiro atoms. The molecule has 2 unspecified atom stereocenters. The van der Waals surface area contributed by atoms with Crippen LogP contribution in [-0.2, 0) is 14.2 Å². The monoisotopic (exact) mass is 294 g/mol. The third-order valence-electron chi connectivity index (χ3n) is 2.38. The van der Waals surface area contributed by atoms with Gasteiger partial charge in [-0.15, -0.1) is 0 Å². The van der Waals surface area contributed by atoms with E-state index in [-0.39, 0.29) is 34.9 Å². The van der Waals surface area contributed by atoms with Crippen molar-refractivity contribution in [1.29, 1.82) is 0 Å². The maximum Gasteiger partial charge on any atom is 1.00 e. The molecule has 1 aromatic rings. The molecular weight excluding hydrogens is 282 g/mol. The van der Waals surface area contributed by atoms with E-state index in [0.717, 1.165) is 0 Å².